The molecular formula is C12H18FNO3S. The van der Waals surface area contributed by atoms with Gasteiger partial charge in [-0.15, -0.1) is 0 Å². The Kier molecular flexibility index (Phi) is 5.55. The van der Waals surface area contributed by atoms with E-state index in [1.807, 2.05) is 0 Å². The van der Waals surface area contributed by atoms with E-state index in [0.29, 0.717) is 6.61 Å². The van der Waals surface area contributed by atoms with Crippen molar-refractivity contribution in [2.24, 2.45) is 5.14 Å². The molecule has 1 aromatic rings. The van der Waals surface area contributed by atoms with Crippen LogP contribution in [0, 0.1) is 5.82 Å². The monoisotopic (exact) mass is 275 g/mol. The Balaban J connectivity index is 2.58. The summed E-state index contributed by atoms with van der Waals surface area (Å²) >= 11 is 0. The molecule has 102 valence electrons. The van der Waals surface area contributed by atoms with Crippen molar-refractivity contribution in [3.63, 3.8) is 0 Å². The van der Waals surface area contributed by atoms with E-state index < -0.39 is 15.8 Å². The number of sulfonamides is 1. The highest BCUT2D eigenvalue weighted by Gasteiger charge is 2.12. The van der Waals surface area contributed by atoms with Crippen molar-refractivity contribution in [2.75, 3.05) is 6.61 Å². The van der Waals surface area contributed by atoms with Crippen molar-refractivity contribution in [3.05, 3.63) is 24.0 Å². The molecule has 0 heterocycles. The van der Waals surface area contributed by atoms with Crippen LogP contribution in [-0.2, 0) is 10.0 Å². The van der Waals surface area contributed by atoms with Gasteiger partial charge in [0.05, 0.1) is 11.5 Å². The number of ether oxygens (including phenoxy) is 1. The Labute approximate surface area is 107 Å². The van der Waals surface area contributed by atoms with E-state index in [1.165, 1.54) is 12.1 Å². The number of unbranched alkanes of at least 4 members (excludes halogenated alkanes) is 3. The van der Waals surface area contributed by atoms with Crippen LogP contribution in [0.1, 0.15) is 32.6 Å². The zero-order valence-electron chi connectivity index (χ0n) is 10.4. The fourth-order valence-corrected chi connectivity index (χ4v) is 2.01. The van der Waals surface area contributed by atoms with E-state index >= 15 is 0 Å². The number of benzene rings is 1. The number of halogens is 1. The van der Waals surface area contributed by atoms with Crippen molar-refractivity contribution >= 4 is 10.0 Å². The fourth-order valence-electron chi connectivity index (χ4n) is 1.49. The minimum absolute atomic E-state index is 0.0545. The van der Waals surface area contributed by atoms with Gasteiger partial charge < -0.3 is 4.74 Å². The summed E-state index contributed by atoms with van der Waals surface area (Å²) in [5.41, 5.74) is 0. The average Bonchev–Trinajstić information content (AvgIpc) is 2.29. The van der Waals surface area contributed by atoms with Crippen LogP contribution >= 0.6 is 0 Å². The summed E-state index contributed by atoms with van der Waals surface area (Å²) in [5.74, 6) is -0.657. The molecule has 2 N–H and O–H groups in total. The molecule has 0 atom stereocenters. The van der Waals surface area contributed by atoms with Crippen LogP contribution in [0.15, 0.2) is 23.1 Å². The minimum atomic E-state index is -3.87. The molecule has 0 aliphatic rings. The molecular weight excluding hydrogens is 257 g/mol. The quantitative estimate of drug-likeness (QED) is 0.777. The molecule has 0 aliphatic carbocycles. The minimum Gasteiger partial charge on any atom is -0.491 e. The van der Waals surface area contributed by atoms with Crippen LogP contribution < -0.4 is 9.88 Å². The summed E-state index contributed by atoms with van der Waals surface area (Å²) in [6, 6.07) is 3.39. The Morgan fingerprint density at radius 2 is 2.00 bits per heavy atom. The molecule has 0 aliphatic heterocycles. The van der Waals surface area contributed by atoms with Crippen molar-refractivity contribution in [1.29, 1.82) is 0 Å². The lowest BCUT2D eigenvalue weighted by Gasteiger charge is -2.07. The van der Waals surface area contributed by atoms with Gasteiger partial charge in [-0.25, -0.2) is 17.9 Å². The first-order valence-corrected chi connectivity index (χ1v) is 7.45. The molecule has 0 bridgehead atoms. The second kappa shape index (κ2) is 6.70. The van der Waals surface area contributed by atoms with Gasteiger partial charge in [-0.3, -0.25) is 0 Å². The third-order valence-electron chi connectivity index (χ3n) is 2.49. The van der Waals surface area contributed by atoms with E-state index in [2.05, 4.69) is 6.92 Å². The van der Waals surface area contributed by atoms with Gasteiger partial charge in [0.1, 0.15) is 0 Å². The number of primary sulfonamides is 1. The number of nitrogens with two attached hydrogens (primary N) is 1. The second-order valence-electron chi connectivity index (χ2n) is 4.05. The molecule has 4 nitrogen and oxygen atoms in total. The van der Waals surface area contributed by atoms with E-state index in [4.69, 9.17) is 9.88 Å². The van der Waals surface area contributed by atoms with Gasteiger partial charge in [0.2, 0.25) is 10.0 Å². The largest absolute Gasteiger partial charge is 0.491 e. The fraction of sp³-hybridized carbons (Fsp3) is 0.500. The highest BCUT2D eigenvalue weighted by Crippen LogP contribution is 2.20. The summed E-state index contributed by atoms with van der Waals surface area (Å²) in [6.07, 6.45) is 4.13. The van der Waals surface area contributed by atoms with Gasteiger partial charge in [-0.2, -0.15) is 0 Å². The first-order chi connectivity index (χ1) is 8.45. The lowest BCUT2D eigenvalue weighted by molar-refractivity contribution is 0.290. The SMILES string of the molecule is CCCCCCOc1ccc(S(N)(=O)=O)cc1F. The number of hydrogen-bond donors (Lipinski definition) is 1. The molecule has 0 amide bonds. The van der Waals surface area contributed by atoms with Gasteiger partial charge in [0, 0.05) is 0 Å². The molecule has 0 saturated heterocycles. The highest BCUT2D eigenvalue weighted by atomic mass is 32.2. The lowest BCUT2D eigenvalue weighted by Crippen LogP contribution is -2.12. The summed E-state index contributed by atoms with van der Waals surface area (Å²) < 4.78 is 40.7. The van der Waals surface area contributed by atoms with Crippen LogP contribution in [0.4, 0.5) is 4.39 Å². The molecule has 0 aromatic heterocycles. The zero-order chi connectivity index (χ0) is 13.6. The highest BCUT2D eigenvalue weighted by molar-refractivity contribution is 7.89. The van der Waals surface area contributed by atoms with Crippen LogP contribution in [0.5, 0.6) is 5.75 Å². The van der Waals surface area contributed by atoms with Crippen LogP contribution in [0.25, 0.3) is 0 Å². The molecule has 0 radical (unpaired) electrons. The van der Waals surface area contributed by atoms with Gasteiger partial charge >= 0.3 is 0 Å². The Hall–Kier alpha value is -1.14. The first-order valence-electron chi connectivity index (χ1n) is 5.90. The number of hydrogen-bond acceptors (Lipinski definition) is 3. The maximum absolute atomic E-state index is 13.5. The normalized spacial score (nSPS) is 11.5. The average molecular weight is 275 g/mol. The predicted octanol–water partition coefficient (Wildman–Crippen LogP) is 2.43. The topological polar surface area (TPSA) is 69.4 Å². The Bertz CT molecular complexity index is 488. The van der Waals surface area contributed by atoms with E-state index in [-0.39, 0.29) is 10.6 Å². The summed E-state index contributed by atoms with van der Waals surface area (Å²) in [7, 11) is -3.87. The van der Waals surface area contributed by atoms with Gasteiger partial charge in [-0.1, -0.05) is 26.2 Å². The molecule has 1 aromatic carbocycles. The van der Waals surface area contributed by atoms with Crippen molar-refractivity contribution in [1.82, 2.24) is 0 Å². The third kappa shape index (κ3) is 4.62. The van der Waals surface area contributed by atoms with Gasteiger partial charge in [-0.05, 0) is 24.6 Å². The van der Waals surface area contributed by atoms with Crippen molar-refractivity contribution in [2.45, 2.75) is 37.5 Å². The standard InChI is InChI=1S/C12H18FNO3S/c1-2-3-4-5-8-17-12-7-6-10(9-11(12)13)18(14,15)16/h6-7,9H,2-5,8H2,1H3,(H2,14,15,16). The van der Waals surface area contributed by atoms with Gasteiger partial charge in [0.25, 0.3) is 0 Å². The van der Waals surface area contributed by atoms with E-state index in [1.54, 1.807) is 0 Å². The lowest BCUT2D eigenvalue weighted by atomic mass is 10.2. The molecule has 0 fully saturated rings. The van der Waals surface area contributed by atoms with Crippen LogP contribution in [-0.4, -0.2) is 15.0 Å². The maximum atomic E-state index is 13.5. The van der Waals surface area contributed by atoms with E-state index in [0.717, 1.165) is 31.7 Å². The maximum Gasteiger partial charge on any atom is 0.238 e. The number of rotatable bonds is 7. The van der Waals surface area contributed by atoms with Crippen LogP contribution in [0.3, 0.4) is 0 Å². The molecule has 0 unspecified atom stereocenters. The summed E-state index contributed by atoms with van der Waals surface area (Å²) in [5, 5.41) is 4.90. The van der Waals surface area contributed by atoms with Crippen molar-refractivity contribution in [3.8, 4) is 5.75 Å². The summed E-state index contributed by atoms with van der Waals surface area (Å²) in [4.78, 5) is -0.252. The Morgan fingerprint density at radius 3 is 2.56 bits per heavy atom. The first kappa shape index (κ1) is 14.9. The third-order valence-corrected chi connectivity index (χ3v) is 3.40. The molecule has 18 heavy (non-hydrogen) atoms. The molecule has 6 heteroatoms. The molecule has 0 saturated carbocycles. The summed E-state index contributed by atoms with van der Waals surface area (Å²) in [6.45, 7) is 2.53. The van der Waals surface area contributed by atoms with Crippen LogP contribution in [0.2, 0.25) is 0 Å². The molecule has 1 rings (SSSR count). The second-order valence-corrected chi connectivity index (χ2v) is 5.61. The Morgan fingerprint density at radius 1 is 1.28 bits per heavy atom. The smallest absolute Gasteiger partial charge is 0.238 e. The van der Waals surface area contributed by atoms with E-state index in [9.17, 15) is 12.8 Å². The zero-order valence-corrected chi connectivity index (χ0v) is 11.2. The van der Waals surface area contributed by atoms with Gasteiger partial charge in [0.15, 0.2) is 11.6 Å². The predicted molar refractivity (Wildman–Crippen MR) is 67.4 cm³/mol. The molecule has 0 spiro atoms. The van der Waals surface area contributed by atoms with Crippen molar-refractivity contribution < 1.29 is 17.5 Å².